The lowest BCUT2D eigenvalue weighted by Gasteiger charge is -2.35. The predicted octanol–water partition coefficient (Wildman–Crippen LogP) is 4.37. The van der Waals surface area contributed by atoms with Gasteiger partial charge in [-0.3, -0.25) is 19.4 Å². The number of carbonyl (C=O) groups excluding carboxylic acids is 3. The van der Waals surface area contributed by atoms with Crippen LogP contribution in [0.15, 0.2) is 53.5 Å². The molecular weight excluding hydrogens is 569 g/mol. The van der Waals surface area contributed by atoms with Crippen molar-refractivity contribution in [1.82, 2.24) is 19.7 Å². The second-order valence-corrected chi connectivity index (χ2v) is 12.1. The Balaban J connectivity index is 1.88. The minimum Gasteiger partial charge on any atom is -0.352 e. The number of likely N-dealkylation sites (N-methyl/N-ethyl adjacent to an activating group) is 1. The number of aromatic nitrogens is 1. The van der Waals surface area contributed by atoms with E-state index in [0.717, 1.165) is 16.8 Å². The smallest absolute Gasteiger partial charge is 0.267 e. The SMILES string of the molecule is CN=c1sc(C(=O)N2CC(=O)NC[C@H]2C(=O)N(C)C)c(C(C)C)n1[C@@H](Cc1ccc(Cl)cc1)c1ccc(Cl)cc1. The van der Waals surface area contributed by atoms with E-state index in [2.05, 4.69) is 14.9 Å². The van der Waals surface area contributed by atoms with Gasteiger partial charge in [0.05, 0.1) is 6.04 Å². The fourth-order valence-corrected chi connectivity index (χ4v) is 6.44. The van der Waals surface area contributed by atoms with Crippen molar-refractivity contribution in [2.45, 2.75) is 38.3 Å². The third-order valence-electron chi connectivity index (χ3n) is 6.90. The number of benzene rings is 2. The van der Waals surface area contributed by atoms with Crippen molar-refractivity contribution in [3.8, 4) is 0 Å². The van der Waals surface area contributed by atoms with Crippen molar-refractivity contribution in [1.29, 1.82) is 0 Å². The third-order valence-corrected chi connectivity index (χ3v) is 8.56. The zero-order chi connectivity index (χ0) is 29.1. The van der Waals surface area contributed by atoms with Gasteiger partial charge in [-0.15, -0.1) is 0 Å². The number of hydrogen-bond donors (Lipinski definition) is 1. The number of halogens is 2. The molecule has 2 heterocycles. The van der Waals surface area contributed by atoms with Crippen LogP contribution >= 0.6 is 34.5 Å². The standard InChI is InChI=1S/C29H33Cl2N5O3S/c1-17(2)25-26(28(39)35-16-24(37)33-15-23(35)27(38)34(4)5)40-29(32-3)36(25)22(19-8-12-21(31)13-9-19)14-18-6-10-20(30)11-7-18/h6-13,17,22-23H,14-16H2,1-5H3,(H,33,37)/t22-,23-/m0/s1. The van der Waals surface area contributed by atoms with Gasteiger partial charge in [0.25, 0.3) is 5.91 Å². The van der Waals surface area contributed by atoms with Gasteiger partial charge < -0.3 is 19.7 Å². The van der Waals surface area contributed by atoms with Gasteiger partial charge in [-0.05, 0) is 47.7 Å². The lowest BCUT2D eigenvalue weighted by molar-refractivity contribution is -0.137. The molecule has 3 aromatic rings. The molecule has 0 aliphatic carbocycles. The average Bonchev–Trinajstić information content (AvgIpc) is 3.32. The second-order valence-electron chi connectivity index (χ2n) is 10.2. The molecule has 212 valence electrons. The van der Waals surface area contributed by atoms with Gasteiger partial charge in [-0.2, -0.15) is 0 Å². The van der Waals surface area contributed by atoms with Crippen molar-refractivity contribution in [2.24, 2.45) is 4.99 Å². The molecule has 4 rings (SSSR count). The number of piperazine rings is 1. The lowest BCUT2D eigenvalue weighted by Crippen LogP contribution is -2.61. The summed E-state index contributed by atoms with van der Waals surface area (Å²) >= 11 is 13.7. The molecule has 1 aliphatic rings. The van der Waals surface area contributed by atoms with Crippen molar-refractivity contribution in [2.75, 3.05) is 34.2 Å². The number of rotatable bonds is 7. The summed E-state index contributed by atoms with van der Waals surface area (Å²) in [6.45, 7) is 3.93. The van der Waals surface area contributed by atoms with Gasteiger partial charge in [0, 0.05) is 43.4 Å². The van der Waals surface area contributed by atoms with E-state index in [-0.39, 0.29) is 42.8 Å². The molecule has 2 atom stereocenters. The quantitative estimate of drug-likeness (QED) is 0.436. The number of nitrogens with one attached hydrogen (secondary N) is 1. The van der Waals surface area contributed by atoms with Crippen LogP contribution in [0, 0.1) is 0 Å². The predicted molar refractivity (Wildman–Crippen MR) is 159 cm³/mol. The number of thiazole rings is 1. The van der Waals surface area contributed by atoms with Crippen LogP contribution in [0.5, 0.6) is 0 Å². The molecule has 1 aromatic heterocycles. The maximum absolute atomic E-state index is 14.2. The molecule has 2 aromatic carbocycles. The molecular formula is C29H33Cl2N5O3S. The Hall–Kier alpha value is -3.14. The van der Waals surface area contributed by atoms with Crippen molar-refractivity contribution < 1.29 is 14.4 Å². The van der Waals surface area contributed by atoms with Crippen LogP contribution in [-0.4, -0.2) is 72.4 Å². The Kier molecular flexibility index (Phi) is 9.38. The van der Waals surface area contributed by atoms with Crippen LogP contribution in [0.4, 0.5) is 0 Å². The molecule has 0 radical (unpaired) electrons. The van der Waals surface area contributed by atoms with E-state index in [1.807, 2.05) is 62.4 Å². The van der Waals surface area contributed by atoms with Gasteiger partial charge in [-0.25, -0.2) is 0 Å². The summed E-state index contributed by atoms with van der Waals surface area (Å²) in [5.41, 5.74) is 2.87. The summed E-state index contributed by atoms with van der Waals surface area (Å²) in [6.07, 6.45) is 0.615. The molecule has 8 nitrogen and oxygen atoms in total. The van der Waals surface area contributed by atoms with Crippen LogP contribution in [0.25, 0.3) is 0 Å². The first-order valence-electron chi connectivity index (χ1n) is 13.0. The Morgan fingerprint density at radius 1 is 1.07 bits per heavy atom. The van der Waals surface area contributed by atoms with Crippen molar-refractivity contribution >= 4 is 52.3 Å². The fraction of sp³-hybridized carbons (Fsp3) is 0.379. The van der Waals surface area contributed by atoms with Crippen molar-refractivity contribution in [3.05, 3.63) is 85.1 Å². The fourth-order valence-electron chi connectivity index (χ4n) is 4.94. The summed E-state index contributed by atoms with van der Waals surface area (Å²) in [5, 5.41) is 4.01. The largest absolute Gasteiger partial charge is 0.352 e. The Bertz CT molecular complexity index is 1460. The number of carbonyl (C=O) groups is 3. The third kappa shape index (κ3) is 6.27. The highest BCUT2D eigenvalue weighted by Crippen LogP contribution is 2.32. The molecule has 11 heteroatoms. The van der Waals surface area contributed by atoms with Crippen LogP contribution < -0.4 is 10.1 Å². The summed E-state index contributed by atoms with van der Waals surface area (Å²) < 4.78 is 2.12. The van der Waals surface area contributed by atoms with Gasteiger partial charge in [0.15, 0.2) is 4.80 Å². The summed E-state index contributed by atoms with van der Waals surface area (Å²) in [5.74, 6) is -0.957. The Morgan fingerprint density at radius 3 is 2.23 bits per heavy atom. The van der Waals surface area contributed by atoms with Gasteiger partial charge in [-0.1, -0.05) is 72.7 Å². The van der Waals surface area contributed by atoms with E-state index in [1.165, 1.54) is 21.1 Å². The second kappa shape index (κ2) is 12.6. The molecule has 0 spiro atoms. The van der Waals surface area contributed by atoms with Gasteiger partial charge in [0.2, 0.25) is 11.8 Å². The van der Waals surface area contributed by atoms with Crippen LogP contribution in [0.2, 0.25) is 10.0 Å². The maximum Gasteiger partial charge on any atom is 0.267 e. The highest BCUT2D eigenvalue weighted by molar-refractivity contribution is 7.11. The highest BCUT2D eigenvalue weighted by Gasteiger charge is 2.39. The molecule has 1 aliphatic heterocycles. The van der Waals surface area contributed by atoms with Crippen LogP contribution in [-0.2, 0) is 16.0 Å². The minimum atomic E-state index is -0.793. The molecule has 3 amide bonds. The number of nitrogens with zero attached hydrogens (tertiary/aromatic N) is 4. The van der Waals surface area contributed by atoms with E-state index in [1.54, 1.807) is 21.1 Å². The topological polar surface area (TPSA) is 87.0 Å². The van der Waals surface area contributed by atoms with Crippen LogP contribution in [0.1, 0.15) is 52.3 Å². The van der Waals surface area contributed by atoms with E-state index in [9.17, 15) is 14.4 Å². The van der Waals surface area contributed by atoms with E-state index in [0.29, 0.717) is 26.1 Å². The first-order chi connectivity index (χ1) is 19.0. The molecule has 1 fully saturated rings. The zero-order valence-electron chi connectivity index (χ0n) is 23.1. The van der Waals surface area contributed by atoms with Gasteiger partial charge in [0.1, 0.15) is 17.5 Å². The molecule has 1 saturated heterocycles. The number of amides is 3. The minimum absolute atomic E-state index is 0.0627. The number of hydrogen-bond acceptors (Lipinski definition) is 5. The Labute approximate surface area is 248 Å². The zero-order valence-corrected chi connectivity index (χ0v) is 25.5. The molecule has 1 N–H and O–H groups in total. The first-order valence-corrected chi connectivity index (χ1v) is 14.6. The van der Waals surface area contributed by atoms with E-state index >= 15 is 0 Å². The van der Waals surface area contributed by atoms with Gasteiger partial charge >= 0.3 is 0 Å². The van der Waals surface area contributed by atoms with Crippen LogP contribution in [0.3, 0.4) is 0 Å². The first kappa shape index (κ1) is 29.8. The monoisotopic (exact) mass is 601 g/mol. The lowest BCUT2D eigenvalue weighted by atomic mass is 9.97. The highest BCUT2D eigenvalue weighted by atomic mass is 35.5. The molecule has 40 heavy (non-hydrogen) atoms. The summed E-state index contributed by atoms with van der Waals surface area (Å²) in [7, 11) is 4.98. The molecule has 0 saturated carbocycles. The normalized spacial score (nSPS) is 16.7. The molecule has 0 unspecified atom stereocenters. The van der Waals surface area contributed by atoms with E-state index in [4.69, 9.17) is 23.2 Å². The Morgan fingerprint density at radius 2 is 1.68 bits per heavy atom. The van der Waals surface area contributed by atoms with E-state index < -0.39 is 6.04 Å². The summed E-state index contributed by atoms with van der Waals surface area (Å²) in [6, 6.07) is 14.4. The molecule has 0 bridgehead atoms. The van der Waals surface area contributed by atoms with Crippen molar-refractivity contribution in [3.63, 3.8) is 0 Å². The maximum atomic E-state index is 14.2. The average molecular weight is 603 g/mol. The summed E-state index contributed by atoms with van der Waals surface area (Å²) in [4.78, 5) is 48.1.